The van der Waals surface area contributed by atoms with Gasteiger partial charge in [0, 0.05) is 37.7 Å². The quantitative estimate of drug-likeness (QED) is 0.793. The van der Waals surface area contributed by atoms with Crippen molar-refractivity contribution in [2.75, 3.05) is 52.6 Å². The summed E-state index contributed by atoms with van der Waals surface area (Å²) in [4.78, 5) is 2.63. The maximum Gasteiger partial charge on any atom is 0.0622 e. The van der Waals surface area contributed by atoms with Crippen LogP contribution in [-0.2, 0) is 9.47 Å². The largest absolute Gasteiger partial charge is 0.381 e. The number of hydrogen-bond donors (Lipinski definition) is 1. The zero-order chi connectivity index (χ0) is 13.6. The van der Waals surface area contributed by atoms with E-state index in [0.29, 0.717) is 11.5 Å². The van der Waals surface area contributed by atoms with Crippen LogP contribution >= 0.6 is 0 Å². The molecule has 0 aromatic rings. The average molecular weight is 270 g/mol. The third kappa shape index (κ3) is 4.15. The Hall–Kier alpha value is -0.160. The van der Waals surface area contributed by atoms with Gasteiger partial charge < -0.3 is 14.8 Å². The van der Waals surface area contributed by atoms with Crippen LogP contribution in [-0.4, -0.2) is 63.5 Å². The van der Waals surface area contributed by atoms with Crippen LogP contribution in [0, 0.1) is 5.41 Å². The highest BCUT2D eigenvalue weighted by molar-refractivity contribution is 4.89. The Kier molecular flexibility index (Phi) is 6.07. The van der Waals surface area contributed by atoms with Crippen LogP contribution in [0.15, 0.2) is 0 Å². The van der Waals surface area contributed by atoms with E-state index in [4.69, 9.17) is 9.47 Å². The molecule has 2 aliphatic rings. The second-order valence-electron chi connectivity index (χ2n) is 6.04. The van der Waals surface area contributed by atoms with Crippen LogP contribution < -0.4 is 5.32 Å². The van der Waals surface area contributed by atoms with Gasteiger partial charge in [0.2, 0.25) is 0 Å². The third-order valence-electron chi connectivity index (χ3n) is 4.51. The summed E-state index contributed by atoms with van der Waals surface area (Å²) >= 11 is 0. The molecule has 0 radical (unpaired) electrons. The van der Waals surface area contributed by atoms with E-state index < -0.39 is 0 Å². The van der Waals surface area contributed by atoms with E-state index in [1.54, 1.807) is 0 Å². The molecular formula is C15H30N2O2. The fourth-order valence-electron chi connectivity index (χ4n) is 3.32. The van der Waals surface area contributed by atoms with Crippen LogP contribution in [0.2, 0.25) is 0 Å². The van der Waals surface area contributed by atoms with E-state index in [1.165, 1.54) is 19.3 Å². The minimum atomic E-state index is 0.305. The average Bonchev–Trinajstić information content (AvgIpc) is 2.47. The van der Waals surface area contributed by atoms with Gasteiger partial charge in [-0.25, -0.2) is 0 Å². The maximum absolute atomic E-state index is 5.80. The van der Waals surface area contributed by atoms with Crippen LogP contribution in [0.3, 0.4) is 0 Å². The van der Waals surface area contributed by atoms with Gasteiger partial charge in [0.25, 0.3) is 0 Å². The maximum atomic E-state index is 5.80. The summed E-state index contributed by atoms with van der Waals surface area (Å²) in [6.07, 6.45) is 3.67. The zero-order valence-electron chi connectivity index (χ0n) is 12.6. The van der Waals surface area contributed by atoms with Crippen molar-refractivity contribution in [3.8, 4) is 0 Å². The van der Waals surface area contributed by atoms with Gasteiger partial charge in [-0.3, -0.25) is 4.90 Å². The molecule has 2 aliphatic heterocycles. The predicted molar refractivity (Wildman–Crippen MR) is 77.5 cm³/mol. The first kappa shape index (κ1) is 15.2. The second-order valence-corrected chi connectivity index (χ2v) is 6.04. The molecule has 2 heterocycles. The van der Waals surface area contributed by atoms with E-state index in [1.807, 2.05) is 0 Å². The lowest BCUT2D eigenvalue weighted by molar-refractivity contribution is -0.0661. The van der Waals surface area contributed by atoms with Crippen molar-refractivity contribution in [1.82, 2.24) is 10.2 Å². The van der Waals surface area contributed by atoms with E-state index in [2.05, 4.69) is 24.1 Å². The highest BCUT2D eigenvalue weighted by Crippen LogP contribution is 2.30. The molecule has 4 heteroatoms. The van der Waals surface area contributed by atoms with Gasteiger partial charge in [0.05, 0.1) is 19.8 Å². The van der Waals surface area contributed by atoms with Gasteiger partial charge in [0.15, 0.2) is 0 Å². The molecule has 19 heavy (non-hydrogen) atoms. The molecule has 0 bridgehead atoms. The van der Waals surface area contributed by atoms with E-state index in [-0.39, 0.29) is 0 Å². The molecule has 2 saturated heterocycles. The van der Waals surface area contributed by atoms with Crippen LogP contribution in [0.25, 0.3) is 0 Å². The van der Waals surface area contributed by atoms with Crippen molar-refractivity contribution in [2.45, 2.75) is 39.2 Å². The molecule has 2 rings (SSSR count). The number of hydrogen-bond acceptors (Lipinski definition) is 4. The van der Waals surface area contributed by atoms with Gasteiger partial charge in [-0.2, -0.15) is 0 Å². The third-order valence-corrected chi connectivity index (χ3v) is 4.51. The molecule has 2 unspecified atom stereocenters. The summed E-state index contributed by atoms with van der Waals surface area (Å²) in [5.74, 6) is 0. The molecule has 4 nitrogen and oxygen atoms in total. The number of morpholine rings is 1. The van der Waals surface area contributed by atoms with Crippen molar-refractivity contribution in [3.05, 3.63) is 0 Å². The monoisotopic (exact) mass is 270 g/mol. The normalized spacial score (nSPS) is 33.5. The minimum Gasteiger partial charge on any atom is -0.381 e. The molecule has 0 saturated carbocycles. The van der Waals surface area contributed by atoms with Crippen molar-refractivity contribution in [2.24, 2.45) is 5.41 Å². The van der Waals surface area contributed by atoms with Crippen molar-refractivity contribution >= 4 is 0 Å². The molecule has 0 amide bonds. The molecule has 2 fully saturated rings. The van der Waals surface area contributed by atoms with Gasteiger partial charge in [0.1, 0.15) is 0 Å². The van der Waals surface area contributed by atoms with Gasteiger partial charge in [-0.05, 0) is 25.8 Å². The summed E-state index contributed by atoms with van der Waals surface area (Å²) in [5, 5.41) is 3.54. The standard InChI is InChI=1S/C15H30N2O2/c1-3-14-10-18-9-7-17(14)12-15(11-16-4-2)6-5-8-19-13-15/h14,16H,3-13H2,1-2H3. The Balaban J connectivity index is 1.97. The smallest absolute Gasteiger partial charge is 0.0622 e. The van der Waals surface area contributed by atoms with E-state index >= 15 is 0 Å². The lowest BCUT2D eigenvalue weighted by Crippen LogP contribution is -2.54. The summed E-state index contributed by atoms with van der Waals surface area (Å²) < 4.78 is 11.4. The first-order valence-electron chi connectivity index (χ1n) is 7.90. The summed E-state index contributed by atoms with van der Waals surface area (Å²) in [6.45, 7) is 12.4. The van der Waals surface area contributed by atoms with Crippen LogP contribution in [0.5, 0.6) is 0 Å². The van der Waals surface area contributed by atoms with E-state index in [0.717, 1.165) is 52.6 Å². The lowest BCUT2D eigenvalue weighted by Gasteiger charge is -2.45. The number of ether oxygens (including phenoxy) is 2. The number of nitrogens with one attached hydrogen (secondary N) is 1. The molecule has 0 aromatic carbocycles. The Labute approximate surface area is 117 Å². The van der Waals surface area contributed by atoms with Crippen molar-refractivity contribution in [1.29, 1.82) is 0 Å². The Morgan fingerprint density at radius 1 is 1.26 bits per heavy atom. The predicted octanol–water partition coefficient (Wildman–Crippen LogP) is 1.50. The van der Waals surface area contributed by atoms with Gasteiger partial charge in [-0.15, -0.1) is 0 Å². The molecule has 112 valence electrons. The van der Waals surface area contributed by atoms with Crippen LogP contribution in [0.1, 0.15) is 33.1 Å². The van der Waals surface area contributed by atoms with Gasteiger partial charge >= 0.3 is 0 Å². The molecule has 0 spiro atoms. The number of nitrogens with zero attached hydrogens (tertiary/aromatic N) is 1. The molecule has 2 atom stereocenters. The molecule has 1 N–H and O–H groups in total. The second kappa shape index (κ2) is 7.58. The summed E-state index contributed by atoms with van der Waals surface area (Å²) in [7, 11) is 0. The van der Waals surface area contributed by atoms with E-state index in [9.17, 15) is 0 Å². The number of rotatable bonds is 6. The first-order valence-corrected chi connectivity index (χ1v) is 7.90. The minimum absolute atomic E-state index is 0.305. The van der Waals surface area contributed by atoms with Crippen molar-refractivity contribution < 1.29 is 9.47 Å². The highest BCUT2D eigenvalue weighted by atomic mass is 16.5. The summed E-state index contributed by atoms with van der Waals surface area (Å²) in [5.41, 5.74) is 0.305. The zero-order valence-corrected chi connectivity index (χ0v) is 12.6. The topological polar surface area (TPSA) is 33.7 Å². The Morgan fingerprint density at radius 2 is 2.16 bits per heavy atom. The lowest BCUT2D eigenvalue weighted by atomic mass is 9.81. The Bertz CT molecular complexity index is 255. The highest BCUT2D eigenvalue weighted by Gasteiger charge is 2.36. The Morgan fingerprint density at radius 3 is 2.84 bits per heavy atom. The fraction of sp³-hybridized carbons (Fsp3) is 1.00. The van der Waals surface area contributed by atoms with Crippen molar-refractivity contribution in [3.63, 3.8) is 0 Å². The SMILES string of the molecule is CCNCC1(CN2CCOCC2CC)CCCOC1. The van der Waals surface area contributed by atoms with Crippen LogP contribution in [0.4, 0.5) is 0 Å². The first-order chi connectivity index (χ1) is 9.29. The fourth-order valence-corrected chi connectivity index (χ4v) is 3.32. The molecule has 0 aliphatic carbocycles. The van der Waals surface area contributed by atoms with Gasteiger partial charge in [-0.1, -0.05) is 13.8 Å². The summed E-state index contributed by atoms with van der Waals surface area (Å²) in [6, 6.07) is 0.592. The molecule has 0 aromatic heterocycles. The molecular weight excluding hydrogens is 240 g/mol.